The zero-order valence-corrected chi connectivity index (χ0v) is 10.0. The molecule has 0 atom stereocenters. The van der Waals surface area contributed by atoms with Gasteiger partial charge in [0, 0.05) is 6.07 Å². The number of benzene rings is 1. The molecule has 3 rings (SSSR count). The van der Waals surface area contributed by atoms with E-state index in [1.807, 2.05) is 18.2 Å². The quantitative estimate of drug-likeness (QED) is 0.842. The molecule has 0 radical (unpaired) electrons. The van der Waals surface area contributed by atoms with Crippen LogP contribution in [-0.2, 0) is 5.41 Å². The van der Waals surface area contributed by atoms with Crippen molar-refractivity contribution in [1.29, 1.82) is 0 Å². The Morgan fingerprint density at radius 3 is 2.50 bits per heavy atom. The maximum absolute atomic E-state index is 11.6. The molecule has 1 fully saturated rings. The van der Waals surface area contributed by atoms with E-state index in [1.54, 1.807) is 0 Å². The van der Waals surface area contributed by atoms with Gasteiger partial charge in [-0.25, -0.2) is 4.98 Å². The minimum Gasteiger partial charge on any atom is -0.383 e. The van der Waals surface area contributed by atoms with Crippen LogP contribution in [0.3, 0.4) is 0 Å². The van der Waals surface area contributed by atoms with Crippen LogP contribution >= 0.6 is 0 Å². The lowest BCUT2D eigenvalue weighted by Gasteiger charge is -2.41. The van der Waals surface area contributed by atoms with E-state index < -0.39 is 0 Å². The molecule has 0 bridgehead atoms. The summed E-state index contributed by atoms with van der Waals surface area (Å²) in [7, 11) is 0. The van der Waals surface area contributed by atoms with E-state index in [0.29, 0.717) is 5.82 Å². The van der Waals surface area contributed by atoms with Crippen molar-refractivity contribution in [3.05, 3.63) is 58.1 Å². The zero-order valence-electron chi connectivity index (χ0n) is 10.0. The maximum Gasteiger partial charge on any atom is 0.252 e. The largest absolute Gasteiger partial charge is 0.383 e. The first-order valence-corrected chi connectivity index (χ1v) is 6.14. The van der Waals surface area contributed by atoms with E-state index in [1.165, 1.54) is 11.6 Å². The molecule has 4 heteroatoms. The third kappa shape index (κ3) is 1.61. The van der Waals surface area contributed by atoms with Gasteiger partial charge in [-0.2, -0.15) is 0 Å². The number of aromatic amines is 1. The highest BCUT2D eigenvalue weighted by atomic mass is 16.1. The van der Waals surface area contributed by atoms with Gasteiger partial charge in [-0.1, -0.05) is 36.8 Å². The summed E-state index contributed by atoms with van der Waals surface area (Å²) in [6, 6.07) is 11.5. The number of anilines is 1. The Kier molecular flexibility index (Phi) is 2.44. The van der Waals surface area contributed by atoms with Crippen LogP contribution in [0, 0.1) is 0 Å². The van der Waals surface area contributed by atoms with E-state index >= 15 is 0 Å². The molecule has 1 aliphatic rings. The summed E-state index contributed by atoms with van der Waals surface area (Å²) in [6.07, 6.45) is 3.15. The third-order valence-corrected chi connectivity index (χ3v) is 3.75. The number of rotatable bonds is 2. The normalized spacial score (nSPS) is 17.1. The second-order valence-electron chi connectivity index (χ2n) is 4.82. The molecule has 0 aliphatic heterocycles. The van der Waals surface area contributed by atoms with Crippen molar-refractivity contribution in [3.8, 4) is 0 Å². The van der Waals surface area contributed by atoms with Gasteiger partial charge in [0.25, 0.3) is 5.56 Å². The smallest absolute Gasteiger partial charge is 0.252 e. The number of nitrogens with zero attached hydrogens (tertiary/aromatic N) is 1. The monoisotopic (exact) mass is 241 g/mol. The molecule has 1 heterocycles. The SMILES string of the molecule is Nc1cc(=O)[nH]c(C2(c3ccccc3)CCC2)n1. The van der Waals surface area contributed by atoms with Crippen LogP contribution in [0.25, 0.3) is 0 Å². The van der Waals surface area contributed by atoms with Crippen LogP contribution in [0.2, 0.25) is 0 Å². The molecule has 0 amide bonds. The predicted molar refractivity (Wildman–Crippen MR) is 70.3 cm³/mol. The molecule has 1 aliphatic carbocycles. The molecule has 1 aromatic carbocycles. The van der Waals surface area contributed by atoms with Crippen LogP contribution in [0.4, 0.5) is 5.82 Å². The Morgan fingerprint density at radius 2 is 1.94 bits per heavy atom. The van der Waals surface area contributed by atoms with Crippen molar-refractivity contribution in [2.24, 2.45) is 0 Å². The molecular weight excluding hydrogens is 226 g/mol. The number of hydrogen-bond donors (Lipinski definition) is 2. The Hall–Kier alpha value is -2.10. The average molecular weight is 241 g/mol. The second-order valence-corrected chi connectivity index (χ2v) is 4.82. The van der Waals surface area contributed by atoms with E-state index in [-0.39, 0.29) is 16.8 Å². The fourth-order valence-electron chi connectivity index (χ4n) is 2.65. The van der Waals surface area contributed by atoms with Crippen molar-refractivity contribution in [1.82, 2.24) is 9.97 Å². The lowest BCUT2D eigenvalue weighted by Crippen LogP contribution is -2.38. The summed E-state index contributed by atoms with van der Waals surface area (Å²) in [5.74, 6) is 0.987. The lowest BCUT2D eigenvalue weighted by atomic mass is 9.64. The Labute approximate surface area is 105 Å². The highest BCUT2D eigenvalue weighted by molar-refractivity contribution is 5.38. The molecule has 3 N–H and O–H groups in total. The Morgan fingerprint density at radius 1 is 1.22 bits per heavy atom. The minimum absolute atomic E-state index is 0.157. The van der Waals surface area contributed by atoms with Crippen molar-refractivity contribution >= 4 is 5.82 Å². The maximum atomic E-state index is 11.6. The van der Waals surface area contributed by atoms with Crippen molar-refractivity contribution in [2.45, 2.75) is 24.7 Å². The van der Waals surface area contributed by atoms with E-state index in [2.05, 4.69) is 22.1 Å². The van der Waals surface area contributed by atoms with Crippen LogP contribution in [0.1, 0.15) is 30.7 Å². The average Bonchev–Trinajstić information content (AvgIpc) is 2.27. The summed E-state index contributed by atoms with van der Waals surface area (Å²) in [5, 5.41) is 0. The molecule has 0 saturated heterocycles. The van der Waals surface area contributed by atoms with E-state index in [9.17, 15) is 4.79 Å². The van der Waals surface area contributed by atoms with Gasteiger partial charge >= 0.3 is 0 Å². The van der Waals surface area contributed by atoms with Gasteiger partial charge in [-0.3, -0.25) is 4.79 Å². The number of hydrogen-bond acceptors (Lipinski definition) is 3. The van der Waals surface area contributed by atoms with Gasteiger partial charge in [0.2, 0.25) is 0 Å². The summed E-state index contributed by atoms with van der Waals surface area (Å²) < 4.78 is 0. The van der Waals surface area contributed by atoms with Crippen LogP contribution in [0.15, 0.2) is 41.2 Å². The second kappa shape index (κ2) is 3.98. The first-order valence-electron chi connectivity index (χ1n) is 6.14. The number of nitrogen functional groups attached to an aromatic ring is 1. The van der Waals surface area contributed by atoms with Gasteiger partial charge in [0.1, 0.15) is 11.6 Å². The number of nitrogens with one attached hydrogen (secondary N) is 1. The summed E-state index contributed by atoms with van der Waals surface area (Å²) in [6.45, 7) is 0. The number of nitrogens with two attached hydrogens (primary N) is 1. The fraction of sp³-hybridized carbons (Fsp3) is 0.286. The van der Waals surface area contributed by atoms with E-state index in [0.717, 1.165) is 19.3 Å². The first-order chi connectivity index (χ1) is 8.71. The first kappa shape index (κ1) is 11.0. The van der Waals surface area contributed by atoms with Crippen LogP contribution in [-0.4, -0.2) is 9.97 Å². The molecule has 92 valence electrons. The van der Waals surface area contributed by atoms with Crippen molar-refractivity contribution in [3.63, 3.8) is 0 Å². The third-order valence-electron chi connectivity index (χ3n) is 3.75. The predicted octanol–water partition coefficient (Wildman–Crippen LogP) is 1.82. The lowest BCUT2D eigenvalue weighted by molar-refractivity contribution is 0.285. The molecule has 0 spiro atoms. The van der Waals surface area contributed by atoms with E-state index in [4.69, 9.17) is 5.73 Å². The topological polar surface area (TPSA) is 71.8 Å². The van der Waals surface area contributed by atoms with Gasteiger partial charge in [0.15, 0.2) is 0 Å². The van der Waals surface area contributed by atoms with Gasteiger partial charge < -0.3 is 10.7 Å². The molecule has 0 unspecified atom stereocenters. The molecule has 18 heavy (non-hydrogen) atoms. The summed E-state index contributed by atoms with van der Waals surface area (Å²) in [5.41, 5.74) is 6.54. The van der Waals surface area contributed by atoms with Crippen LogP contribution in [0.5, 0.6) is 0 Å². The van der Waals surface area contributed by atoms with Crippen molar-refractivity contribution in [2.75, 3.05) is 5.73 Å². The summed E-state index contributed by atoms with van der Waals surface area (Å²) >= 11 is 0. The van der Waals surface area contributed by atoms with Crippen molar-refractivity contribution < 1.29 is 0 Å². The highest BCUT2D eigenvalue weighted by Crippen LogP contribution is 2.47. The molecule has 2 aromatic rings. The molecule has 1 saturated carbocycles. The number of H-pyrrole nitrogens is 1. The Bertz CT molecular complexity index is 614. The van der Waals surface area contributed by atoms with Gasteiger partial charge in [-0.05, 0) is 18.4 Å². The molecular formula is C14H15N3O. The standard InChI is InChI=1S/C14H15N3O/c15-11-9-12(18)17-13(16-11)14(7-4-8-14)10-5-2-1-3-6-10/h1-3,5-6,9H,4,7-8H2,(H3,15,16,17,18). The molecule has 1 aromatic heterocycles. The zero-order chi connectivity index (χ0) is 12.6. The minimum atomic E-state index is -0.181. The van der Waals surface area contributed by atoms with Gasteiger partial charge in [-0.15, -0.1) is 0 Å². The van der Waals surface area contributed by atoms with Crippen LogP contribution < -0.4 is 11.3 Å². The Balaban J connectivity index is 2.15. The van der Waals surface area contributed by atoms with Gasteiger partial charge in [0.05, 0.1) is 5.41 Å². The molecule has 4 nitrogen and oxygen atoms in total. The summed E-state index contributed by atoms with van der Waals surface area (Å²) in [4.78, 5) is 18.7. The highest BCUT2D eigenvalue weighted by Gasteiger charge is 2.42. The fourth-order valence-corrected chi connectivity index (χ4v) is 2.65. The number of aromatic nitrogens is 2.